The lowest BCUT2D eigenvalue weighted by atomic mass is 10.1. The summed E-state index contributed by atoms with van der Waals surface area (Å²) in [5, 5.41) is 0. The molecule has 1 aromatic rings. The molecule has 88 valence electrons. The molecule has 0 aliphatic carbocycles. The van der Waals surface area contributed by atoms with Crippen LogP contribution in [0.15, 0.2) is 12.1 Å². The maximum Gasteiger partial charge on any atom is 0.142 e. The van der Waals surface area contributed by atoms with Crippen molar-refractivity contribution in [1.82, 2.24) is 4.98 Å². The van der Waals surface area contributed by atoms with Crippen molar-refractivity contribution in [3.05, 3.63) is 23.5 Å². The monoisotopic (exact) mass is 222 g/mol. The van der Waals surface area contributed by atoms with Gasteiger partial charge in [0.05, 0.1) is 18.9 Å². The summed E-state index contributed by atoms with van der Waals surface area (Å²) >= 11 is 0. The molecule has 0 aromatic carbocycles. The lowest BCUT2D eigenvalue weighted by Gasteiger charge is -2.13. The van der Waals surface area contributed by atoms with Gasteiger partial charge in [-0.05, 0) is 25.5 Å². The highest BCUT2D eigenvalue weighted by atomic mass is 16.5. The normalized spacial score (nSPS) is 20.0. The van der Waals surface area contributed by atoms with Crippen molar-refractivity contribution in [3.63, 3.8) is 0 Å². The summed E-state index contributed by atoms with van der Waals surface area (Å²) in [5.41, 5.74) is 7.44. The second kappa shape index (κ2) is 5.27. The third-order valence-corrected chi connectivity index (χ3v) is 2.76. The Morgan fingerprint density at radius 1 is 1.56 bits per heavy atom. The highest BCUT2D eigenvalue weighted by Crippen LogP contribution is 2.19. The lowest BCUT2D eigenvalue weighted by Crippen LogP contribution is -2.14. The number of nitrogens with zero attached hydrogens (tertiary/aromatic N) is 1. The first-order valence-corrected chi connectivity index (χ1v) is 5.66. The SMILES string of the molecule is Cc1ccc(OCC2CCOC2)c(CN)n1. The zero-order valence-corrected chi connectivity index (χ0v) is 9.61. The van der Waals surface area contributed by atoms with E-state index in [0.29, 0.717) is 19.1 Å². The van der Waals surface area contributed by atoms with Crippen molar-refractivity contribution in [2.75, 3.05) is 19.8 Å². The molecular weight excluding hydrogens is 204 g/mol. The maximum atomic E-state index is 5.74. The Morgan fingerprint density at radius 3 is 3.12 bits per heavy atom. The van der Waals surface area contributed by atoms with Gasteiger partial charge in [-0.25, -0.2) is 0 Å². The molecule has 0 saturated carbocycles. The highest BCUT2D eigenvalue weighted by molar-refractivity contribution is 5.29. The third-order valence-electron chi connectivity index (χ3n) is 2.76. The Kier molecular flexibility index (Phi) is 3.74. The molecule has 1 atom stereocenters. The van der Waals surface area contributed by atoms with Crippen LogP contribution in [0, 0.1) is 12.8 Å². The van der Waals surface area contributed by atoms with Gasteiger partial charge < -0.3 is 15.2 Å². The standard InChI is InChI=1S/C12H18N2O2/c1-9-2-3-12(11(6-13)14-9)16-8-10-4-5-15-7-10/h2-3,10H,4-8,13H2,1H3. The summed E-state index contributed by atoms with van der Waals surface area (Å²) in [5.74, 6) is 1.31. The molecule has 1 unspecified atom stereocenters. The molecule has 0 amide bonds. The zero-order valence-electron chi connectivity index (χ0n) is 9.61. The van der Waals surface area contributed by atoms with Gasteiger partial charge in [-0.3, -0.25) is 4.98 Å². The van der Waals surface area contributed by atoms with Crippen molar-refractivity contribution in [1.29, 1.82) is 0 Å². The average Bonchev–Trinajstić information content (AvgIpc) is 2.80. The molecule has 2 heterocycles. The maximum absolute atomic E-state index is 5.74. The first-order chi connectivity index (χ1) is 7.79. The number of nitrogens with two attached hydrogens (primary N) is 1. The molecule has 1 aromatic heterocycles. The van der Waals surface area contributed by atoms with E-state index in [1.807, 2.05) is 19.1 Å². The van der Waals surface area contributed by atoms with E-state index in [1.54, 1.807) is 0 Å². The van der Waals surface area contributed by atoms with E-state index in [-0.39, 0.29) is 0 Å². The molecule has 16 heavy (non-hydrogen) atoms. The molecular formula is C12H18N2O2. The van der Waals surface area contributed by atoms with Gasteiger partial charge in [-0.15, -0.1) is 0 Å². The molecule has 2 N–H and O–H groups in total. The average molecular weight is 222 g/mol. The van der Waals surface area contributed by atoms with Gasteiger partial charge >= 0.3 is 0 Å². The third kappa shape index (κ3) is 2.71. The molecule has 0 bridgehead atoms. The summed E-state index contributed by atoms with van der Waals surface area (Å²) in [6, 6.07) is 3.89. The molecule has 1 aliphatic heterocycles. The van der Waals surface area contributed by atoms with Crippen LogP contribution in [0.2, 0.25) is 0 Å². The lowest BCUT2D eigenvalue weighted by molar-refractivity contribution is 0.166. The van der Waals surface area contributed by atoms with Crippen molar-refractivity contribution in [2.45, 2.75) is 19.9 Å². The minimum atomic E-state index is 0.415. The van der Waals surface area contributed by atoms with Crippen LogP contribution < -0.4 is 10.5 Å². The minimum Gasteiger partial charge on any atom is -0.491 e. The predicted octanol–water partition coefficient (Wildman–Crippen LogP) is 1.26. The van der Waals surface area contributed by atoms with Gasteiger partial charge in [-0.1, -0.05) is 0 Å². The molecule has 2 rings (SSSR count). The van der Waals surface area contributed by atoms with Crippen LogP contribution in [0.25, 0.3) is 0 Å². The smallest absolute Gasteiger partial charge is 0.142 e. The summed E-state index contributed by atoms with van der Waals surface area (Å²) in [6.45, 7) is 4.71. The Balaban J connectivity index is 1.97. The van der Waals surface area contributed by atoms with Crippen molar-refractivity contribution in [2.24, 2.45) is 11.7 Å². The number of aryl methyl sites for hydroxylation is 1. The van der Waals surface area contributed by atoms with Gasteiger partial charge in [0.1, 0.15) is 5.75 Å². The van der Waals surface area contributed by atoms with Crippen LogP contribution in [0.1, 0.15) is 17.8 Å². The number of ether oxygens (including phenoxy) is 2. The van der Waals surface area contributed by atoms with Gasteiger partial charge in [0.25, 0.3) is 0 Å². The van der Waals surface area contributed by atoms with Gasteiger partial charge in [0.2, 0.25) is 0 Å². The van der Waals surface area contributed by atoms with Crippen LogP contribution in [-0.4, -0.2) is 24.8 Å². The van der Waals surface area contributed by atoms with E-state index >= 15 is 0 Å². The molecule has 0 radical (unpaired) electrons. The van der Waals surface area contributed by atoms with E-state index in [1.165, 1.54) is 0 Å². The Bertz CT molecular complexity index is 349. The fraction of sp³-hybridized carbons (Fsp3) is 0.583. The van der Waals surface area contributed by atoms with E-state index in [0.717, 1.165) is 36.8 Å². The predicted molar refractivity (Wildman–Crippen MR) is 61.3 cm³/mol. The van der Waals surface area contributed by atoms with Gasteiger partial charge in [0, 0.05) is 24.8 Å². The highest BCUT2D eigenvalue weighted by Gasteiger charge is 2.16. The fourth-order valence-electron chi connectivity index (χ4n) is 1.80. The first-order valence-electron chi connectivity index (χ1n) is 5.66. The van der Waals surface area contributed by atoms with Crippen LogP contribution in [0.3, 0.4) is 0 Å². The van der Waals surface area contributed by atoms with Crippen LogP contribution in [0.4, 0.5) is 0 Å². The summed E-state index contributed by atoms with van der Waals surface area (Å²) < 4.78 is 11.0. The fourth-order valence-corrected chi connectivity index (χ4v) is 1.80. The Hall–Kier alpha value is -1.13. The summed E-state index contributed by atoms with van der Waals surface area (Å²) in [6.07, 6.45) is 1.08. The van der Waals surface area contributed by atoms with Crippen LogP contribution in [-0.2, 0) is 11.3 Å². The number of aromatic nitrogens is 1. The largest absolute Gasteiger partial charge is 0.491 e. The molecule has 1 fully saturated rings. The number of pyridine rings is 1. The molecule has 1 aliphatic rings. The van der Waals surface area contributed by atoms with E-state index < -0.39 is 0 Å². The Morgan fingerprint density at radius 2 is 2.44 bits per heavy atom. The quantitative estimate of drug-likeness (QED) is 0.833. The molecule has 0 spiro atoms. The second-order valence-electron chi connectivity index (χ2n) is 4.14. The first kappa shape index (κ1) is 11.4. The van der Waals surface area contributed by atoms with Crippen molar-refractivity contribution >= 4 is 0 Å². The molecule has 4 heteroatoms. The number of hydrogen-bond acceptors (Lipinski definition) is 4. The van der Waals surface area contributed by atoms with E-state index in [9.17, 15) is 0 Å². The summed E-state index contributed by atoms with van der Waals surface area (Å²) in [7, 11) is 0. The van der Waals surface area contributed by atoms with Crippen LogP contribution in [0.5, 0.6) is 5.75 Å². The van der Waals surface area contributed by atoms with Crippen LogP contribution >= 0.6 is 0 Å². The minimum absolute atomic E-state index is 0.415. The molecule has 4 nitrogen and oxygen atoms in total. The number of rotatable bonds is 4. The topological polar surface area (TPSA) is 57.4 Å². The van der Waals surface area contributed by atoms with E-state index in [4.69, 9.17) is 15.2 Å². The van der Waals surface area contributed by atoms with Gasteiger partial charge in [-0.2, -0.15) is 0 Å². The summed E-state index contributed by atoms with van der Waals surface area (Å²) in [4.78, 5) is 4.36. The molecule has 1 saturated heterocycles. The second-order valence-corrected chi connectivity index (χ2v) is 4.14. The Labute approximate surface area is 95.8 Å². The zero-order chi connectivity index (χ0) is 11.4. The van der Waals surface area contributed by atoms with Gasteiger partial charge in [0.15, 0.2) is 0 Å². The van der Waals surface area contributed by atoms with Crippen molar-refractivity contribution < 1.29 is 9.47 Å². The number of hydrogen-bond donors (Lipinski definition) is 1. The van der Waals surface area contributed by atoms with Crippen molar-refractivity contribution in [3.8, 4) is 5.75 Å². The van der Waals surface area contributed by atoms with E-state index in [2.05, 4.69) is 4.98 Å².